The SMILES string of the molecule is CC[C@H](C)NC(=O)[C@H](C)N(Cc1cccc(Cl)c1)C(=O)COc1ccc(Cl)cc1Cl. The lowest BCUT2D eigenvalue weighted by Gasteiger charge is -2.29. The lowest BCUT2D eigenvalue weighted by atomic mass is 10.1. The topological polar surface area (TPSA) is 58.6 Å². The van der Waals surface area contributed by atoms with Crippen LogP contribution in [0.2, 0.25) is 15.1 Å². The molecule has 2 aromatic carbocycles. The fourth-order valence-corrected chi connectivity index (χ4v) is 3.37. The molecule has 0 aliphatic carbocycles. The minimum Gasteiger partial charge on any atom is -0.482 e. The van der Waals surface area contributed by atoms with Crippen LogP contribution in [0.1, 0.15) is 32.8 Å². The number of nitrogens with zero attached hydrogens (tertiary/aromatic N) is 1. The average Bonchev–Trinajstić information content (AvgIpc) is 2.70. The highest BCUT2D eigenvalue weighted by molar-refractivity contribution is 6.35. The molecule has 0 heterocycles. The van der Waals surface area contributed by atoms with Crippen molar-refractivity contribution in [3.63, 3.8) is 0 Å². The van der Waals surface area contributed by atoms with Crippen molar-refractivity contribution in [2.24, 2.45) is 0 Å². The summed E-state index contributed by atoms with van der Waals surface area (Å²) in [7, 11) is 0. The van der Waals surface area contributed by atoms with Gasteiger partial charge in [-0.15, -0.1) is 0 Å². The summed E-state index contributed by atoms with van der Waals surface area (Å²) in [5.41, 5.74) is 0.809. The number of halogens is 3. The van der Waals surface area contributed by atoms with Gasteiger partial charge in [-0.25, -0.2) is 0 Å². The first-order valence-corrected chi connectivity index (χ1v) is 10.8. The zero-order valence-electron chi connectivity index (χ0n) is 17.1. The highest BCUT2D eigenvalue weighted by atomic mass is 35.5. The third-order valence-corrected chi connectivity index (χ3v) is 5.42. The van der Waals surface area contributed by atoms with Crippen LogP contribution in [0.15, 0.2) is 42.5 Å². The molecule has 0 saturated heterocycles. The average molecular weight is 472 g/mol. The van der Waals surface area contributed by atoms with Crippen molar-refractivity contribution in [3.8, 4) is 5.75 Å². The van der Waals surface area contributed by atoms with Crippen LogP contribution in [-0.4, -0.2) is 35.4 Å². The number of ether oxygens (including phenoxy) is 1. The summed E-state index contributed by atoms with van der Waals surface area (Å²) < 4.78 is 5.59. The van der Waals surface area contributed by atoms with Crippen molar-refractivity contribution in [1.29, 1.82) is 0 Å². The molecule has 1 N–H and O–H groups in total. The summed E-state index contributed by atoms with van der Waals surface area (Å²) in [6, 6.07) is 11.2. The largest absolute Gasteiger partial charge is 0.482 e. The molecule has 0 bridgehead atoms. The molecule has 0 aliphatic rings. The van der Waals surface area contributed by atoms with E-state index in [0.717, 1.165) is 12.0 Å². The third kappa shape index (κ3) is 7.08. The first-order chi connectivity index (χ1) is 14.2. The van der Waals surface area contributed by atoms with Gasteiger partial charge in [0.2, 0.25) is 5.91 Å². The molecule has 162 valence electrons. The minimum atomic E-state index is -0.699. The van der Waals surface area contributed by atoms with Gasteiger partial charge in [-0.2, -0.15) is 0 Å². The number of amides is 2. The van der Waals surface area contributed by atoms with E-state index in [1.807, 2.05) is 19.9 Å². The van der Waals surface area contributed by atoms with Gasteiger partial charge in [-0.1, -0.05) is 53.9 Å². The van der Waals surface area contributed by atoms with Gasteiger partial charge >= 0.3 is 0 Å². The van der Waals surface area contributed by atoms with Gasteiger partial charge in [-0.3, -0.25) is 9.59 Å². The molecule has 0 saturated carbocycles. The van der Waals surface area contributed by atoms with Crippen molar-refractivity contribution >= 4 is 46.6 Å². The smallest absolute Gasteiger partial charge is 0.261 e. The molecule has 8 heteroatoms. The van der Waals surface area contributed by atoms with E-state index in [4.69, 9.17) is 39.5 Å². The van der Waals surface area contributed by atoms with E-state index in [1.54, 1.807) is 37.3 Å². The first-order valence-electron chi connectivity index (χ1n) is 9.63. The summed E-state index contributed by atoms with van der Waals surface area (Å²) in [6.07, 6.45) is 0.791. The first kappa shape index (κ1) is 24.3. The van der Waals surface area contributed by atoms with Gasteiger partial charge in [0.25, 0.3) is 5.91 Å². The number of nitrogens with one attached hydrogen (secondary N) is 1. The van der Waals surface area contributed by atoms with E-state index in [-0.39, 0.29) is 31.0 Å². The molecule has 2 atom stereocenters. The van der Waals surface area contributed by atoms with E-state index >= 15 is 0 Å². The maximum atomic E-state index is 13.0. The van der Waals surface area contributed by atoms with Gasteiger partial charge in [0.05, 0.1) is 5.02 Å². The normalized spacial score (nSPS) is 12.7. The van der Waals surface area contributed by atoms with Crippen molar-refractivity contribution in [2.75, 3.05) is 6.61 Å². The highest BCUT2D eigenvalue weighted by Crippen LogP contribution is 2.27. The molecule has 2 rings (SSSR count). The number of hydrogen-bond acceptors (Lipinski definition) is 3. The molecule has 30 heavy (non-hydrogen) atoms. The standard InChI is InChI=1S/C22H25Cl3N2O3/c1-4-14(2)26-22(29)15(3)27(12-16-6-5-7-17(23)10-16)21(28)13-30-20-9-8-18(24)11-19(20)25/h5-11,14-15H,4,12-13H2,1-3H3,(H,26,29)/t14-,15-/m0/s1. The van der Waals surface area contributed by atoms with E-state index < -0.39 is 6.04 Å². The number of hydrogen-bond donors (Lipinski definition) is 1. The Kier molecular flexibility index (Phi) is 9.28. The zero-order chi connectivity index (χ0) is 22.3. The van der Waals surface area contributed by atoms with Crippen LogP contribution in [0.4, 0.5) is 0 Å². The summed E-state index contributed by atoms with van der Waals surface area (Å²) >= 11 is 18.1. The van der Waals surface area contributed by atoms with Crippen LogP contribution in [0.5, 0.6) is 5.75 Å². The van der Waals surface area contributed by atoms with Crippen LogP contribution in [0.25, 0.3) is 0 Å². The van der Waals surface area contributed by atoms with Gasteiger partial charge in [0.1, 0.15) is 11.8 Å². The Bertz CT molecular complexity index is 892. The Labute approximate surface area is 192 Å². The predicted molar refractivity (Wildman–Crippen MR) is 121 cm³/mol. The number of carbonyl (C=O) groups excluding carboxylic acids is 2. The quantitative estimate of drug-likeness (QED) is 0.536. The van der Waals surface area contributed by atoms with E-state index in [1.165, 1.54) is 11.0 Å². The molecule has 0 radical (unpaired) electrons. The Morgan fingerprint density at radius 1 is 1.07 bits per heavy atom. The Morgan fingerprint density at radius 3 is 2.40 bits per heavy atom. The summed E-state index contributed by atoms with van der Waals surface area (Å²) in [6.45, 7) is 5.53. The molecule has 5 nitrogen and oxygen atoms in total. The molecule has 0 spiro atoms. The monoisotopic (exact) mass is 470 g/mol. The molecule has 0 fully saturated rings. The van der Waals surface area contributed by atoms with Crippen molar-refractivity contribution in [2.45, 2.75) is 45.8 Å². The molecule has 0 aliphatic heterocycles. The molecule has 0 aromatic heterocycles. The van der Waals surface area contributed by atoms with Crippen LogP contribution >= 0.6 is 34.8 Å². The highest BCUT2D eigenvalue weighted by Gasteiger charge is 2.27. The van der Waals surface area contributed by atoms with Crippen LogP contribution in [0.3, 0.4) is 0 Å². The van der Waals surface area contributed by atoms with Gasteiger partial charge in [-0.05, 0) is 56.2 Å². The number of benzene rings is 2. The second-order valence-electron chi connectivity index (χ2n) is 7.01. The molecule has 2 aromatic rings. The second kappa shape index (κ2) is 11.4. The minimum absolute atomic E-state index is 0.00666. The third-order valence-electron chi connectivity index (χ3n) is 4.66. The Balaban J connectivity index is 2.18. The molecular weight excluding hydrogens is 447 g/mol. The van der Waals surface area contributed by atoms with Gasteiger partial charge < -0.3 is 15.0 Å². The van der Waals surface area contributed by atoms with Crippen molar-refractivity contribution < 1.29 is 14.3 Å². The fourth-order valence-electron chi connectivity index (χ4n) is 2.69. The van der Waals surface area contributed by atoms with Crippen molar-refractivity contribution in [3.05, 3.63) is 63.1 Å². The molecule has 0 unspecified atom stereocenters. The predicted octanol–water partition coefficient (Wildman–Crippen LogP) is 5.36. The van der Waals surface area contributed by atoms with Crippen molar-refractivity contribution in [1.82, 2.24) is 10.2 Å². The zero-order valence-corrected chi connectivity index (χ0v) is 19.4. The lowest BCUT2D eigenvalue weighted by molar-refractivity contribution is -0.142. The second-order valence-corrected chi connectivity index (χ2v) is 8.29. The van der Waals surface area contributed by atoms with Crippen LogP contribution in [-0.2, 0) is 16.1 Å². The Hall–Kier alpha value is -1.95. The Morgan fingerprint density at radius 2 is 1.77 bits per heavy atom. The maximum Gasteiger partial charge on any atom is 0.261 e. The maximum absolute atomic E-state index is 13.0. The summed E-state index contributed by atoms with van der Waals surface area (Å²) in [5, 5.41) is 4.25. The number of carbonyl (C=O) groups is 2. The lowest BCUT2D eigenvalue weighted by Crippen LogP contribution is -2.50. The van der Waals surface area contributed by atoms with Gasteiger partial charge in [0.15, 0.2) is 6.61 Å². The fraction of sp³-hybridized carbons (Fsp3) is 0.364. The molecule has 2 amide bonds. The molecular formula is C22H25Cl3N2O3. The van der Waals surface area contributed by atoms with Crippen LogP contribution in [0, 0.1) is 0 Å². The van der Waals surface area contributed by atoms with Crippen LogP contribution < -0.4 is 10.1 Å². The summed E-state index contributed by atoms with van der Waals surface area (Å²) in [5.74, 6) is -0.245. The van der Waals surface area contributed by atoms with E-state index in [0.29, 0.717) is 20.8 Å². The number of rotatable bonds is 9. The van der Waals surface area contributed by atoms with Gasteiger partial charge in [0, 0.05) is 22.6 Å². The van der Waals surface area contributed by atoms with E-state index in [9.17, 15) is 9.59 Å². The van der Waals surface area contributed by atoms with E-state index in [2.05, 4.69) is 5.32 Å². The summed E-state index contributed by atoms with van der Waals surface area (Å²) in [4.78, 5) is 27.1.